The summed E-state index contributed by atoms with van der Waals surface area (Å²) in [5.74, 6) is 1.68. The van der Waals surface area contributed by atoms with Crippen LogP contribution in [0.1, 0.15) is 24.7 Å². The van der Waals surface area contributed by atoms with Crippen LogP contribution in [0.25, 0.3) is 21.7 Å². The Hall–Kier alpha value is -2.88. The third-order valence-electron chi connectivity index (χ3n) is 4.86. The Morgan fingerprint density at radius 3 is 2.90 bits per heavy atom. The van der Waals surface area contributed by atoms with Gasteiger partial charge >= 0.3 is 0 Å². The predicted octanol–water partition coefficient (Wildman–Crippen LogP) is 1.83. The Kier molecular flexibility index (Phi) is 5.79. The summed E-state index contributed by atoms with van der Waals surface area (Å²) in [6, 6.07) is 11.1. The number of aromatic nitrogens is 4. The number of hydrogen-bond acceptors (Lipinski definition) is 7. The lowest BCUT2D eigenvalue weighted by Crippen LogP contribution is -3.11. The zero-order valence-electron chi connectivity index (χ0n) is 16.2. The van der Waals surface area contributed by atoms with Crippen LogP contribution >= 0.6 is 11.3 Å². The van der Waals surface area contributed by atoms with Crippen LogP contribution in [0.15, 0.2) is 51.0 Å². The molecule has 0 saturated carbocycles. The summed E-state index contributed by atoms with van der Waals surface area (Å²) in [6.45, 7) is 3.78. The molecule has 2 atom stereocenters. The highest BCUT2D eigenvalue weighted by Gasteiger charge is 2.25. The molecule has 0 saturated heterocycles. The molecule has 1 unspecified atom stereocenters. The highest BCUT2D eigenvalue weighted by Crippen LogP contribution is 2.22. The highest BCUT2D eigenvalue weighted by molar-refractivity contribution is 7.13. The Morgan fingerprint density at radius 1 is 1.24 bits per heavy atom. The number of nitrogens with one attached hydrogen (secondary N) is 2. The van der Waals surface area contributed by atoms with Crippen molar-refractivity contribution in [1.82, 2.24) is 20.2 Å². The van der Waals surface area contributed by atoms with Gasteiger partial charge in [0.2, 0.25) is 0 Å². The molecule has 0 amide bonds. The molecule has 0 spiro atoms. The van der Waals surface area contributed by atoms with E-state index >= 15 is 0 Å². The van der Waals surface area contributed by atoms with E-state index in [0.717, 1.165) is 9.78 Å². The Bertz CT molecular complexity index is 1140. The number of para-hydroxylation sites is 1. The van der Waals surface area contributed by atoms with Gasteiger partial charge in [-0.2, -0.15) is 0 Å². The van der Waals surface area contributed by atoms with Gasteiger partial charge in [-0.25, -0.2) is 4.98 Å². The van der Waals surface area contributed by atoms with E-state index in [1.807, 2.05) is 42.6 Å². The normalized spacial score (nSPS) is 13.6. The predicted molar refractivity (Wildman–Crippen MR) is 110 cm³/mol. The fourth-order valence-corrected chi connectivity index (χ4v) is 3.86. The van der Waals surface area contributed by atoms with Gasteiger partial charge in [0.1, 0.15) is 12.6 Å². The number of quaternary nitrogens is 1. The van der Waals surface area contributed by atoms with Gasteiger partial charge in [-0.3, -0.25) is 4.79 Å². The van der Waals surface area contributed by atoms with E-state index in [0.29, 0.717) is 48.2 Å². The second-order valence-electron chi connectivity index (χ2n) is 6.75. The number of aromatic amines is 1. The molecule has 4 aromatic rings. The summed E-state index contributed by atoms with van der Waals surface area (Å²) in [5, 5.41) is 10.9. The first-order valence-corrected chi connectivity index (χ1v) is 10.2. The van der Waals surface area contributed by atoms with Crippen LogP contribution in [0.3, 0.4) is 0 Å². The molecule has 29 heavy (non-hydrogen) atoms. The number of nitrogens with zero attached hydrogens (tertiary/aromatic N) is 3. The van der Waals surface area contributed by atoms with Gasteiger partial charge in [-0.15, -0.1) is 21.5 Å². The number of fused-ring (bicyclic) bond motifs is 1. The molecule has 3 heterocycles. The minimum atomic E-state index is -0.138. The summed E-state index contributed by atoms with van der Waals surface area (Å²) < 4.78 is 11.1. The molecule has 0 bridgehead atoms. The van der Waals surface area contributed by atoms with Crippen molar-refractivity contribution in [2.75, 3.05) is 20.3 Å². The smallest absolute Gasteiger partial charge is 0.271 e. The maximum absolute atomic E-state index is 12.5. The van der Waals surface area contributed by atoms with Crippen molar-refractivity contribution < 1.29 is 14.1 Å². The van der Waals surface area contributed by atoms with E-state index < -0.39 is 0 Å². The highest BCUT2D eigenvalue weighted by atomic mass is 32.1. The van der Waals surface area contributed by atoms with E-state index in [4.69, 9.17) is 9.15 Å². The largest absolute Gasteiger partial charge is 0.414 e. The van der Waals surface area contributed by atoms with Gasteiger partial charge in [0.15, 0.2) is 12.4 Å². The molecule has 0 aliphatic carbocycles. The fourth-order valence-electron chi connectivity index (χ4n) is 3.21. The standard InChI is InChI=1S/C20H21N5O3S/c1-13(18-21-15-7-4-3-6-14(15)19(26)22-18)25(9-10-27-2)12-17-23-24-20(28-17)16-8-5-11-29-16/h3-8,11,13H,9-10,12H2,1-2H3,(H,21,22,26)/p+1/t13-/m0/s1. The van der Waals surface area contributed by atoms with Crippen LogP contribution in [-0.2, 0) is 11.3 Å². The average molecular weight is 412 g/mol. The molecular weight excluding hydrogens is 390 g/mol. The molecule has 9 heteroatoms. The maximum Gasteiger partial charge on any atom is 0.271 e. The van der Waals surface area contributed by atoms with Crippen molar-refractivity contribution >= 4 is 22.2 Å². The number of benzene rings is 1. The van der Waals surface area contributed by atoms with Crippen molar-refractivity contribution in [1.29, 1.82) is 0 Å². The fraction of sp³-hybridized carbons (Fsp3) is 0.300. The van der Waals surface area contributed by atoms with Crippen LogP contribution in [-0.4, -0.2) is 40.4 Å². The van der Waals surface area contributed by atoms with Gasteiger partial charge in [0.25, 0.3) is 17.3 Å². The molecule has 1 aromatic carbocycles. The van der Waals surface area contributed by atoms with Crippen LogP contribution in [0.2, 0.25) is 0 Å². The zero-order chi connectivity index (χ0) is 20.2. The minimum Gasteiger partial charge on any atom is -0.414 e. The second kappa shape index (κ2) is 8.64. The van der Waals surface area contributed by atoms with Crippen LogP contribution in [0.5, 0.6) is 0 Å². The summed E-state index contributed by atoms with van der Waals surface area (Å²) >= 11 is 1.56. The summed E-state index contributed by atoms with van der Waals surface area (Å²) in [4.78, 5) is 22.1. The molecule has 0 aliphatic rings. The Labute approximate surface area is 171 Å². The number of ether oxygens (including phenoxy) is 1. The van der Waals surface area contributed by atoms with Crippen LogP contribution in [0, 0.1) is 0 Å². The van der Waals surface area contributed by atoms with Crippen molar-refractivity contribution in [2.45, 2.75) is 19.5 Å². The minimum absolute atomic E-state index is 0.0976. The summed E-state index contributed by atoms with van der Waals surface area (Å²) in [6.07, 6.45) is 0. The molecule has 8 nitrogen and oxygen atoms in total. The van der Waals surface area contributed by atoms with E-state index in [2.05, 4.69) is 20.2 Å². The first-order valence-electron chi connectivity index (χ1n) is 9.34. The van der Waals surface area contributed by atoms with Gasteiger partial charge in [0.05, 0.1) is 22.4 Å². The SMILES string of the molecule is COCC[NH+](Cc1nnc(-c2cccs2)o1)[C@@H](C)c1nc2ccccc2c(=O)[nH]1. The first kappa shape index (κ1) is 19.4. The topological polar surface area (TPSA) is 98.3 Å². The zero-order valence-corrected chi connectivity index (χ0v) is 17.0. The lowest BCUT2D eigenvalue weighted by atomic mass is 10.2. The van der Waals surface area contributed by atoms with Gasteiger partial charge in [-0.1, -0.05) is 18.2 Å². The van der Waals surface area contributed by atoms with Gasteiger partial charge in [0, 0.05) is 7.11 Å². The molecular formula is C20H22N5O3S+. The molecule has 0 aliphatic heterocycles. The summed E-state index contributed by atoms with van der Waals surface area (Å²) in [7, 11) is 1.67. The number of methoxy groups -OCH3 is 1. The van der Waals surface area contributed by atoms with Crippen LogP contribution in [0.4, 0.5) is 0 Å². The number of rotatable bonds is 8. The van der Waals surface area contributed by atoms with Gasteiger partial charge < -0.3 is 19.0 Å². The Balaban J connectivity index is 1.60. The Morgan fingerprint density at radius 2 is 2.10 bits per heavy atom. The van der Waals surface area contributed by atoms with Crippen molar-refractivity contribution in [2.24, 2.45) is 0 Å². The van der Waals surface area contributed by atoms with Crippen molar-refractivity contribution in [3.05, 3.63) is 63.8 Å². The molecule has 0 radical (unpaired) electrons. The van der Waals surface area contributed by atoms with E-state index in [1.165, 1.54) is 0 Å². The quantitative estimate of drug-likeness (QED) is 0.458. The average Bonchev–Trinajstić information content (AvgIpc) is 3.42. The van der Waals surface area contributed by atoms with Crippen LogP contribution < -0.4 is 10.5 Å². The summed E-state index contributed by atoms with van der Waals surface area (Å²) in [5.41, 5.74) is 0.545. The number of thiophene rings is 1. The molecule has 150 valence electrons. The second-order valence-corrected chi connectivity index (χ2v) is 7.69. The molecule has 0 fully saturated rings. The molecule has 3 aromatic heterocycles. The third kappa shape index (κ3) is 4.26. The third-order valence-corrected chi connectivity index (χ3v) is 5.72. The van der Waals surface area contributed by atoms with Gasteiger partial charge in [-0.05, 0) is 30.5 Å². The number of H-pyrrole nitrogens is 1. The number of hydrogen-bond donors (Lipinski definition) is 2. The lowest BCUT2D eigenvalue weighted by molar-refractivity contribution is -0.945. The molecule has 4 rings (SSSR count). The lowest BCUT2D eigenvalue weighted by Gasteiger charge is -2.24. The monoisotopic (exact) mass is 412 g/mol. The van der Waals surface area contributed by atoms with Crippen molar-refractivity contribution in [3.8, 4) is 10.8 Å². The van der Waals surface area contributed by atoms with E-state index in [-0.39, 0.29) is 11.6 Å². The van der Waals surface area contributed by atoms with Crippen molar-refractivity contribution in [3.63, 3.8) is 0 Å². The first-order chi connectivity index (χ1) is 14.2. The van der Waals surface area contributed by atoms with E-state index in [1.54, 1.807) is 24.5 Å². The van der Waals surface area contributed by atoms with E-state index in [9.17, 15) is 4.79 Å². The maximum atomic E-state index is 12.5. The molecule has 2 N–H and O–H groups in total.